The lowest BCUT2D eigenvalue weighted by atomic mass is 10.1. The quantitative estimate of drug-likeness (QED) is 0.731. The smallest absolute Gasteiger partial charge is 0.314 e. The molecule has 0 atom stereocenters. The molecule has 0 aliphatic carbocycles. The summed E-state index contributed by atoms with van der Waals surface area (Å²) in [7, 11) is 1.34. The maximum Gasteiger partial charge on any atom is 0.314 e. The first-order valence-electron chi connectivity index (χ1n) is 5.86. The van der Waals surface area contributed by atoms with E-state index in [2.05, 4.69) is 14.7 Å². The first-order valence-corrected chi connectivity index (χ1v) is 5.86. The first-order chi connectivity index (χ1) is 9.28. The third kappa shape index (κ3) is 2.10. The highest BCUT2D eigenvalue weighted by molar-refractivity contribution is 5.93. The van der Waals surface area contributed by atoms with Gasteiger partial charge in [0.15, 0.2) is 5.76 Å². The number of hydrogen-bond acceptors (Lipinski definition) is 4. The van der Waals surface area contributed by atoms with Gasteiger partial charge in [0.25, 0.3) is 0 Å². The van der Waals surface area contributed by atoms with Gasteiger partial charge in [-0.25, -0.2) is 4.98 Å². The number of aromatic nitrogens is 2. The topological polar surface area (TPSA) is 68.1 Å². The van der Waals surface area contributed by atoms with E-state index in [1.54, 1.807) is 6.20 Å². The van der Waals surface area contributed by atoms with Gasteiger partial charge in [0.05, 0.1) is 13.3 Å². The Morgan fingerprint density at radius 1 is 1.42 bits per heavy atom. The van der Waals surface area contributed by atoms with Crippen LogP contribution in [0.3, 0.4) is 0 Å². The summed E-state index contributed by atoms with van der Waals surface area (Å²) in [6.45, 7) is 0. The zero-order valence-corrected chi connectivity index (χ0v) is 10.3. The Labute approximate surface area is 109 Å². The highest BCUT2D eigenvalue weighted by Gasteiger charge is 2.13. The van der Waals surface area contributed by atoms with Crippen LogP contribution < -0.4 is 0 Å². The zero-order valence-electron chi connectivity index (χ0n) is 10.3. The molecule has 5 heteroatoms. The molecule has 1 N–H and O–H groups in total. The minimum absolute atomic E-state index is 0.0405. The van der Waals surface area contributed by atoms with E-state index >= 15 is 0 Å². The molecule has 5 nitrogen and oxygen atoms in total. The van der Waals surface area contributed by atoms with Crippen LogP contribution in [0.4, 0.5) is 0 Å². The molecule has 0 spiro atoms. The summed E-state index contributed by atoms with van der Waals surface area (Å²) >= 11 is 0. The molecule has 0 radical (unpaired) electrons. The fourth-order valence-electron chi connectivity index (χ4n) is 1.99. The molecular weight excluding hydrogens is 244 g/mol. The number of benzene rings is 1. The number of ether oxygens (including phenoxy) is 1. The van der Waals surface area contributed by atoms with Gasteiger partial charge in [-0.05, 0) is 6.07 Å². The average Bonchev–Trinajstić information content (AvgIpc) is 3.04. The van der Waals surface area contributed by atoms with Crippen LogP contribution in [0.1, 0.15) is 5.89 Å². The van der Waals surface area contributed by atoms with E-state index < -0.39 is 0 Å². The van der Waals surface area contributed by atoms with Crippen molar-refractivity contribution >= 4 is 16.9 Å². The van der Waals surface area contributed by atoms with Crippen molar-refractivity contribution in [3.63, 3.8) is 0 Å². The van der Waals surface area contributed by atoms with E-state index in [-0.39, 0.29) is 12.4 Å². The van der Waals surface area contributed by atoms with Gasteiger partial charge in [0.1, 0.15) is 6.42 Å². The molecule has 3 rings (SSSR count). The SMILES string of the molecule is COC(=O)Cc1ncc(-c2c[nH]c3ccccc23)o1. The maximum absolute atomic E-state index is 11.2. The van der Waals surface area contributed by atoms with Gasteiger partial charge in [-0.2, -0.15) is 0 Å². The van der Waals surface area contributed by atoms with Crippen LogP contribution >= 0.6 is 0 Å². The Hall–Kier alpha value is -2.56. The Kier molecular flexibility index (Phi) is 2.79. The first kappa shape index (κ1) is 11.5. The van der Waals surface area contributed by atoms with Gasteiger partial charge in [-0.1, -0.05) is 18.2 Å². The van der Waals surface area contributed by atoms with Crippen LogP contribution in [0.25, 0.3) is 22.2 Å². The molecule has 2 heterocycles. The number of fused-ring (bicyclic) bond motifs is 1. The van der Waals surface area contributed by atoms with Crippen molar-refractivity contribution in [3.8, 4) is 11.3 Å². The molecule has 19 heavy (non-hydrogen) atoms. The van der Waals surface area contributed by atoms with E-state index in [4.69, 9.17) is 4.42 Å². The van der Waals surface area contributed by atoms with E-state index in [0.29, 0.717) is 11.7 Å². The van der Waals surface area contributed by atoms with Crippen molar-refractivity contribution < 1.29 is 13.9 Å². The van der Waals surface area contributed by atoms with Crippen molar-refractivity contribution in [1.82, 2.24) is 9.97 Å². The highest BCUT2D eigenvalue weighted by Crippen LogP contribution is 2.28. The molecule has 0 bridgehead atoms. The Balaban J connectivity index is 1.96. The average molecular weight is 256 g/mol. The lowest BCUT2D eigenvalue weighted by Crippen LogP contribution is -2.04. The number of aromatic amines is 1. The van der Waals surface area contributed by atoms with Crippen molar-refractivity contribution in [2.45, 2.75) is 6.42 Å². The van der Waals surface area contributed by atoms with Gasteiger partial charge in [0, 0.05) is 22.7 Å². The summed E-state index contributed by atoms with van der Waals surface area (Å²) in [4.78, 5) is 18.4. The van der Waals surface area contributed by atoms with E-state index in [1.165, 1.54) is 7.11 Å². The van der Waals surface area contributed by atoms with Gasteiger partial charge in [0.2, 0.25) is 5.89 Å². The number of H-pyrrole nitrogens is 1. The number of methoxy groups -OCH3 is 1. The Morgan fingerprint density at radius 3 is 3.11 bits per heavy atom. The fraction of sp³-hybridized carbons (Fsp3) is 0.143. The molecule has 0 saturated carbocycles. The molecule has 3 aromatic rings. The predicted octanol–water partition coefficient (Wildman–Crippen LogP) is 2.54. The minimum atomic E-state index is -0.368. The van der Waals surface area contributed by atoms with E-state index in [1.807, 2.05) is 30.5 Å². The molecule has 0 unspecified atom stereocenters. The van der Waals surface area contributed by atoms with Gasteiger partial charge >= 0.3 is 5.97 Å². The molecule has 96 valence electrons. The molecule has 1 aromatic carbocycles. The number of oxazole rings is 1. The molecule has 0 fully saturated rings. The van der Waals surface area contributed by atoms with Crippen LogP contribution in [0.2, 0.25) is 0 Å². The zero-order chi connectivity index (χ0) is 13.2. The van der Waals surface area contributed by atoms with Gasteiger partial charge in [-0.3, -0.25) is 4.79 Å². The third-order valence-corrected chi connectivity index (χ3v) is 2.93. The van der Waals surface area contributed by atoms with Crippen molar-refractivity contribution in [1.29, 1.82) is 0 Å². The summed E-state index contributed by atoms with van der Waals surface area (Å²) in [6.07, 6.45) is 3.53. The van der Waals surface area contributed by atoms with Crippen LogP contribution in [0, 0.1) is 0 Å². The molecule has 0 saturated heterocycles. The monoisotopic (exact) mass is 256 g/mol. The molecule has 0 aliphatic rings. The molecular formula is C14H12N2O3. The van der Waals surface area contributed by atoms with Crippen molar-refractivity contribution in [2.24, 2.45) is 0 Å². The number of nitrogens with one attached hydrogen (secondary N) is 1. The van der Waals surface area contributed by atoms with E-state index in [9.17, 15) is 4.79 Å². The number of carbonyl (C=O) groups excluding carboxylic acids is 1. The van der Waals surface area contributed by atoms with Crippen LogP contribution in [0.5, 0.6) is 0 Å². The highest BCUT2D eigenvalue weighted by atomic mass is 16.5. The second kappa shape index (κ2) is 4.61. The van der Waals surface area contributed by atoms with Crippen LogP contribution in [-0.4, -0.2) is 23.0 Å². The number of rotatable bonds is 3. The van der Waals surface area contributed by atoms with Crippen LogP contribution in [-0.2, 0) is 16.0 Å². The number of para-hydroxylation sites is 1. The molecule has 2 aromatic heterocycles. The lowest BCUT2D eigenvalue weighted by Gasteiger charge is -1.95. The number of esters is 1. The Bertz CT molecular complexity index is 727. The Morgan fingerprint density at radius 2 is 2.26 bits per heavy atom. The largest absolute Gasteiger partial charge is 0.469 e. The minimum Gasteiger partial charge on any atom is -0.469 e. The lowest BCUT2D eigenvalue weighted by molar-refractivity contribution is -0.140. The summed E-state index contributed by atoms with van der Waals surface area (Å²) in [5.74, 6) is 0.621. The van der Waals surface area contributed by atoms with E-state index in [0.717, 1.165) is 16.5 Å². The van der Waals surface area contributed by atoms with Gasteiger partial charge < -0.3 is 14.1 Å². The van der Waals surface area contributed by atoms with Crippen LogP contribution in [0.15, 0.2) is 41.1 Å². The normalized spacial score (nSPS) is 10.8. The summed E-state index contributed by atoms with van der Waals surface area (Å²) in [5, 5.41) is 1.06. The maximum atomic E-state index is 11.2. The summed E-state index contributed by atoms with van der Waals surface area (Å²) in [5.41, 5.74) is 1.96. The second-order valence-corrected chi connectivity index (χ2v) is 4.12. The predicted molar refractivity (Wildman–Crippen MR) is 69.5 cm³/mol. The number of carbonyl (C=O) groups is 1. The second-order valence-electron chi connectivity index (χ2n) is 4.12. The number of nitrogens with zero attached hydrogens (tertiary/aromatic N) is 1. The van der Waals surface area contributed by atoms with Crippen molar-refractivity contribution in [2.75, 3.05) is 7.11 Å². The fourth-order valence-corrected chi connectivity index (χ4v) is 1.99. The standard InChI is InChI=1S/C14H12N2O3/c1-18-14(17)6-13-16-8-12(19-13)10-7-15-11-5-3-2-4-9(10)11/h2-5,7-8,15H,6H2,1H3. The summed E-state index contributed by atoms with van der Waals surface area (Å²) < 4.78 is 10.2. The van der Waals surface area contributed by atoms with Crippen molar-refractivity contribution in [3.05, 3.63) is 42.5 Å². The number of hydrogen-bond donors (Lipinski definition) is 1. The third-order valence-electron chi connectivity index (χ3n) is 2.93. The summed E-state index contributed by atoms with van der Waals surface area (Å²) in [6, 6.07) is 7.92. The van der Waals surface area contributed by atoms with Gasteiger partial charge in [-0.15, -0.1) is 0 Å². The molecule has 0 amide bonds. The molecule has 0 aliphatic heterocycles.